The lowest BCUT2D eigenvalue weighted by Crippen LogP contribution is -2.17. The zero-order valence-corrected chi connectivity index (χ0v) is 17.2. The van der Waals surface area contributed by atoms with Crippen LogP contribution in [0.25, 0.3) is 17.4 Å². The summed E-state index contributed by atoms with van der Waals surface area (Å²) in [4.78, 5) is 13.0. The number of thiocarbonyl (C=S) groups is 1. The van der Waals surface area contributed by atoms with E-state index in [1.54, 1.807) is 23.9 Å². The molecule has 3 rings (SSSR count). The van der Waals surface area contributed by atoms with Crippen LogP contribution >= 0.6 is 46.6 Å². The molecule has 1 atom stereocenters. The molecule has 1 aromatic carbocycles. The van der Waals surface area contributed by atoms with Gasteiger partial charge in [0.05, 0.1) is 12.2 Å². The Morgan fingerprint density at radius 3 is 2.76 bits per heavy atom. The van der Waals surface area contributed by atoms with Crippen molar-refractivity contribution in [3.05, 3.63) is 52.6 Å². The van der Waals surface area contributed by atoms with Gasteiger partial charge in [-0.05, 0) is 36.8 Å². The van der Waals surface area contributed by atoms with Gasteiger partial charge in [-0.25, -0.2) is 4.79 Å². The minimum atomic E-state index is -0.298. The Kier molecular flexibility index (Phi) is 6.19. The van der Waals surface area contributed by atoms with Crippen LogP contribution in [0.15, 0.2) is 45.7 Å². The average molecular weight is 485 g/mol. The van der Waals surface area contributed by atoms with E-state index in [2.05, 4.69) is 27.9 Å². The molecular weight excluding hydrogens is 469 g/mol. The van der Waals surface area contributed by atoms with E-state index in [0.717, 1.165) is 32.7 Å². The molecule has 0 aliphatic carbocycles. The van der Waals surface area contributed by atoms with Gasteiger partial charge < -0.3 is 14.5 Å². The number of carbonyl (C=O) groups is 1. The van der Waals surface area contributed by atoms with E-state index < -0.39 is 0 Å². The minimum Gasteiger partial charge on any atom is -0.462 e. The van der Waals surface area contributed by atoms with Crippen LogP contribution < -0.4 is 5.32 Å². The third kappa shape index (κ3) is 4.65. The summed E-state index contributed by atoms with van der Waals surface area (Å²) >= 11 is 9.02. The number of thioether (sulfide) groups is 1. The lowest BCUT2D eigenvalue weighted by atomic mass is 10.1. The van der Waals surface area contributed by atoms with Crippen molar-refractivity contribution in [3.63, 3.8) is 0 Å². The highest BCUT2D eigenvalue weighted by Crippen LogP contribution is 2.34. The maximum atomic E-state index is 11.8. The molecule has 1 aliphatic rings. The Hall–Kier alpha value is -1.32. The Labute approximate surface area is 169 Å². The number of furan rings is 1. The molecule has 0 amide bonds. The predicted octanol–water partition coefficient (Wildman–Crippen LogP) is 5.24. The topological polar surface area (TPSA) is 51.5 Å². The van der Waals surface area contributed by atoms with Gasteiger partial charge in [-0.2, -0.15) is 0 Å². The molecule has 1 fully saturated rings. The number of carbonyl (C=O) groups excluding carboxylic acids is 1. The van der Waals surface area contributed by atoms with Crippen molar-refractivity contribution in [2.45, 2.75) is 17.4 Å². The number of rotatable bonds is 5. The molecular formula is C18H16INO3S2. The highest BCUT2D eigenvalue weighted by Gasteiger charge is 2.22. The fourth-order valence-corrected chi connectivity index (χ4v) is 4.67. The van der Waals surface area contributed by atoms with Crippen molar-refractivity contribution in [3.8, 4) is 11.3 Å². The first kappa shape index (κ1) is 18.5. The van der Waals surface area contributed by atoms with Crippen LogP contribution in [0.5, 0.6) is 0 Å². The second-order valence-electron chi connectivity index (χ2n) is 5.36. The third-order valence-electron chi connectivity index (χ3n) is 3.46. The van der Waals surface area contributed by atoms with Crippen molar-refractivity contribution >= 4 is 62.9 Å². The van der Waals surface area contributed by atoms with Crippen molar-refractivity contribution in [2.24, 2.45) is 0 Å². The van der Waals surface area contributed by atoms with E-state index in [9.17, 15) is 4.79 Å². The first-order chi connectivity index (χ1) is 12.1. The maximum Gasteiger partial charge on any atom is 0.338 e. The number of esters is 1. The standard InChI is InChI=1S/C18H16INO3S2/c1-2-9-22-17(21)12-5-3-11(4-6-12)14-8-7-13(23-14)10-15-16(19)20-18(24)25-15/h3-8,10,16H,2,9H2,1H3,(H,20,24)/b15-10+. The van der Waals surface area contributed by atoms with Crippen LogP contribution in [0.1, 0.15) is 29.5 Å². The summed E-state index contributed by atoms with van der Waals surface area (Å²) in [7, 11) is 0. The van der Waals surface area contributed by atoms with E-state index in [4.69, 9.17) is 21.4 Å². The quantitative estimate of drug-likeness (QED) is 0.206. The molecule has 1 aromatic heterocycles. The minimum absolute atomic E-state index is 0.178. The normalized spacial score (nSPS) is 18.4. The fourth-order valence-electron chi connectivity index (χ4n) is 2.24. The molecule has 0 saturated carbocycles. The van der Waals surface area contributed by atoms with E-state index in [-0.39, 0.29) is 10.0 Å². The molecule has 1 aliphatic heterocycles. The molecule has 7 heteroatoms. The zero-order chi connectivity index (χ0) is 17.8. The van der Waals surface area contributed by atoms with Gasteiger partial charge in [-0.3, -0.25) is 0 Å². The van der Waals surface area contributed by atoms with Crippen LogP contribution in [0.2, 0.25) is 0 Å². The van der Waals surface area contributed by atoms with Crippen LogP contribution in [0, 0.1) is 0 Å². The average Bonchev–Trinajstić information content (AvgIpc) is 3.19. The second kappa shape index (κ2) is 8.37. The summed E-state index contributed by atoms with van der Waals surface area (Å²) in [5.74, 6) is 1.23. The van der Waals surface area contributed by atoms with Crippen molar-refractivity contribution in [1.82, 2.24) is 5.32 Å². The largest absolute Gasteiger partial charge is 0.462 e. The van der Waals surface area contributed by atoms with Gasteiger partial charge in [0.25, 0.3) is 0 Å². The molecule has 0 spiro atoms. The predicted molar refractivity (Wildman–Crippen MR) is 114 cm³/mol. The van der Waals surface area contributed by atoms with Crippen LogP contribution in [0.3, 0.4) is 0 Å². The monoisotopic (exact) mass is 485 g/mol. The Morgan fingerprint density at radius 2 is 2.12 bits per heavy atom. The third-order valence-corrected chi connectivity index (χ3v) is 6.12. The summed E-state index contributed by atoms with van der Waals surface area (Å²) < 4.78 is 12.0. The van der Waals surface area contributed by atoms with Gasteiger partial charge in [0.2, 0.25) is 0 Å². The van der Waals surface area contributed by atoms with Crippen molar-refractivity contribution < 1.29 is 13.9 Å². The van der Waals surface area contributed by atoms with Crippen LogP contribution in [0.4, 0.5) is 0 Å². The molecule has 4 nitrogen and oxygen atoms in total. The van der Waals surface area contributed by atoms with Gasteiger partial charge >= 0.3 is 5.97 Å². The molecule has 0 bridgehead atoms. The van der Waals surface area contributed by atoms with Crippen LogP contribution in [-0.2, 0) is 4.74 Å². The molecule has 0 radical (unpaired) electrons. The number of ether oxygens (including phenoxy) is 1. The molecule has 1 saturated heterocycles. The summed E-state index contributed by atoms with van der Waals surface area (Å²) in [6.45, 7) is 2.40. The Morgan fingerprint density at radius 1 is 1.36 bits per heavy atom. The second-order valence-corrected chi connectivity index (χ2v) is 8.35. The van der Waals surface area contributed by atoms with E-state index >= 15 is 0 Å². The first-order valence-electron chi connectivity index (χ1n) is 7.78. The first-order valence-corrected chi connectivity index (χ1v) is 10.2. The molecule has 1 N–H and O–H groups in total. The number of nitrogens with one attached hydrogen (secondary N) is 1. The Bertz CT molecular complexity index is 814. The number of halogens is 1. The van der Waals surface area contributed by atoms with Crippen molar-refractivity contribution in [2.75, 3.05) is 6.61 Å². The van der Waals surface area contributed by atoms with Gasteiger partial charge in [0.15, 0.2) is 0 Å². The zero-order valence-electron chi connectivity index (χ0n) is 13.5. The highest BCUT2D eigenvalue weighted by atomic mass is 127. The SMILES string of the molecule is CCCOC(=O)c1ccc(-c2ccc(/C=C3/SC(=S)NC3I)o2)cc1. The molecule has 2 aromatic rings. The molecule has 130 valence electrons. The van der Waals surface area contributed by atoms with Crippen LogP contribution in [-0.4, -0.2) is 20.9 Å². The van der Waals surface area contributed by atoms with E-state index in [1.165, 1.54) is 0 Å². The summed E-state index contributed by atoms with van der Waals surface area (Å²) in [5, 5.41) is 3.18. The molecule has 25 heavy (non-hydrogen) atoms. The van der Waals surface area contributed by atoms with Gasteiger partial charge in [-0.1, -0.05) is 65.6 Å². The smallest absolute Gasteiger partial charge is 0.338 e. The van der Waals surface area contributed by atoms with Gasteiger partial charge in [0, 0.05) is 10.5 Å². The number of hydrogen-bond acceptors (Lipinski definition) is 5. The summed E-state index contributed by atoms with van der Waals surface area (Å²) in [5.41, 5.74) is 1.45. The number of hydrogen-bond donors (Lipinski definition) is 1. The molecule has 1 unspecified atom stereocenters. The number of alkyl halides is 1. The van der Waals surface area contributed by atoms with Crippen molar-refractivity contribution in [1.29, 1.82) is 0 Å². The van der Waals surface area contributed by atoms with E-state index in [0.29, 0.717) is 12.2 Å². The molecule has 2 heterocycles. The maximum absolute atomic E-state index is 11.8. The Balaban J connectivity index is 1.73. The van der Waals surface area contributed by atoms with Gasteiger partial charge in [0.1, 0.15) is 19.9 Å². The lowest BCUT2D eigenvalue weighted by Gasteiger charge is -2.03. The highest BCUT2D eigenvalue weighted by molar-refractivity contribution is 14.1. The van der Waals surface area contributed by atoms with E-state index in [1.807, 2.05) is 37.3 Å². The summed E-state index contributed by atoms with van der Waals surface area (Å²) in [6.07, 6.45) is 2.80. The number of benzene rings is 1. The lowest BCUT2D eigenvalue weighted by molar-refractivity contribution is 0.0505. The summed E-state index contributed by atoms with van der Waals surface area (Å²) in [6, 6.07) is 11.1. The fraction of sp³-hybridized carbons (Fsp3) is 0.222. The van der Waals surface area contributed by atoms with Gasteiger partial charge in [-0.15, -0.1) is 0 Å².